The second-order valence-corrected chi connectivity index (χ2v) is 2.22. The zero-order chi connectivity index (χ0) is 6.69. The van der Waals surface area contributed by atoms with Gasteiger partial charge in [-0.3, -0.25) is 0 Å². The first-order chi connectivity index (χ1) is 4.36. The van der Waals surface area contributed by atoms with E-state index in [4.69, 9.17) is 0 Å². The Morgan fingerprint density at radius 2 is 1.56 bits per heavy atom. The van der Waals surface area contributed by atoms with Crippen LogP contribution in [-0.2, 0) is 9.59 Å². The number of carbonyl (C=O) groups excluding carboxylic acids is 2. The lowest BCUT2D eigenvalue weighted by Gasteiger charge is -1.95. The molecule has 0 unspecified atom stereocenters. The summed E-state index contributed by atoms with van der Waals surface area (Å²) in [5, 5.41) is 0. The van der Waals surface area contributed by atoms with Crippen LogP contribution in [0.1, 0.15) is 6.42 Å². The van der Waals surface area contributed by atoms with Gasteiger partial charge in [-0.05, 0) is 6.42 Å². The summed E-state index contributed by atoms with van der Waals surface area (Å²) in [6.07, 6.45) is 5.99. The molecule has 0 fully saturated rings. The van der Waals surface area contributed by atoms with Crippen LogP contribution in [0.2, 0.25) is 0 Å². The Morgan fingerprint density at radius 3 is 1.78 bits per heavy atom. The topological polar surface area (TPSA) is 34.1 Å². The molecular formula is C7H8O2. The molecular weight excluding hydrogens is 116 g/mol. The maximum Gasteiger partial charge on any atom is 0.126 e. The van der Waals surface area contributed by atoms with Gasteiger partial charge in [0.25, 0.3) is 0 Å². The molecule has 0 radical (unpaired) electrons. The molecule has 2 heteroatoms. The van der Waals surface area contributed by atoms with Gasteiger partial charge in [-0.25, -0.2) is 0 Å². The molecule has 0 saturated carbocycles. The highest BCUT2D eigenvalue weighted by molar-refractivity contribution is 5.64. The van der Waals surface area contributed by atoms with Crippen LogP contribution in [0.4, 0.5) is 0 Å². The number of allylic oxidation sites excluding steroid dienone is 2. The van der Waals surface area contributed by atoms with Gasteiger partial charge in [0.05, 0.1) is 0 Å². The number of aldehydes is 2. The van der Waals surface area contributed by atoms with Crippen molar-refractivity contribution in [1.82, 2.24) is 0 Å². The van der Waals surface area contributed by atoms with Crippen molar-refractivity contribution in [2.45, 2.75) is 6.42 Å². The highest BCUT2D eigenvalue weighted by Crippen LogP contribution is 2.19. The van der Waals surface area contributed by atoms with E-state index in [1.807, 2.05) is 0 Å². The number of carbonyl (C=O) groups is 2. The molecule has 0 aromatic rings. The molecule has 0 bridgehead atoms. The van der Waals surface area contributed by atoms with Gasteiger partial charge < -0.3 is 9.59 Å². The molecule has 9 heavy (non-hydrogen) atoms. The van der Waals surface area contributed by atoms with Gasteiger partial charge >= 0.3 is 0 Å². The predicted octanol–water partition coefficient (Wildman–Crippen LogP) is 0.576. The Morgan fingerprint density at radius 1 is 1.11 bits per heavy atom. The minimum Gasteiger partial charge on any atom is -0.303 e. The number of rotatable bonds is 2. The van der Waals surface area contributed by atoms with Crippen molar-refractivity contribution in [3.63, 3.8) is 0 Å². The molecule has 1 rings (SSSR count). The van der Waals surface area contributed by atoms with Crippen molar-refractivity contribution in [1.29, 1.82) is 0 Å². The third kappa shape index (κ3) is 1.25. The molecule has 2 atom stereocenters. The third-order valence-corrected chi connectivity index (χ3v) is 1.50. The van der Waals surface area contributed by atoms with Gasteiger partial charge in [-0.2, -0.15) is 0 Å². The molecule has 0 N–H and O–H groups in total. The molecule has 0 aromatic carbocycles. The van der Waals surface area contributed by atoms with Crippen LogP contribution in [0.25, 0.3) is 0 Å². The smallest absolute Gasteiger partial charge is 0.126 e. The zero-order valence-electron chi connectivity index (χ0n) is 4.99. The maximum absolute atomic E-state index is 10.1. The largest absolute Gasteiger partial charge is 0.303 e. The van der Waals surface area contributed by atoms with E-state index in [2.05, 4.69) is 0 Å². The van der Waals surface area contributed by atoms with E-state index in [1.54, 1.807) is 12.2 Å². The van der Waals surface area contributed by atoms with Gasteiger partial charge in [0, 0.05) is 11.8 Å². The molecule has 0 aromatic heterocycles. The van der Waals surface area contributed by atoms with Crippen LogP contribution in [-0.4, -0.2) is 12.6 Å². The molecule has 48 valence electrons. The summed E-state index contributed by atoms with van der Waals surface area (Å²) >= 11 is 0. The maximum atomic E-state index is 10.1. The van der Waals surface area contributed by atoms with Gasteiger partial charge in [0.2, 0.25) is 0 Å². The summed E-state index contributed by atoms with van der Waals surface area (Å²) in [6, 6.07) is 0. The molecule has 1 aliphatic rings. The zero-order valence-corrected chi connectivity index (χ0v) is 4.99. The Bertz CT molecular complexity index is 133. The summed E-state index contributed by atoms with van der Waals surface area (Å²) in [7, 11) is 0. The van der Waals surface area contributed by atoms with E-state index in [0.717, 1.165) is 12.6 Å². The average molecular weight is 124 g/mol. The SMILES string of the molecule is O=C[C@@H]1C=C[C@H](C=O)C1. The Kier molecular flexibility index (Phi) is 1.78. The minimum absolute atomic E-state index is 0.0137. The summed E-state index contributed by atoms with van der Waals surface area (Å²) in [6.45, 7) is 0. The summed E-state index contributed by atoms with van der Waals surface area (Å²) in [5.41, 5.74) is 0. The first-order valence-corrected chi connectivity index (χ1v) is 2.95. The van der Waals surface area contributed by atoms with E-state index in [-0.39, 0.29) is 11.8 Å². The minimum atomic E-state index is -0.0137. The quantitative estimate of drug-likeness (QED) is 0.398. The predicted molar refractivity (Wildman–Crippen MR) is 32.9 cm³/mol. The van der Waals surface area contributed by atoms with E-state index in [9.17, 15) is 9.59 Å². The monoisotopic (exact) mass is 124 g/mol. The molecule has 0 aliphatic heterocycles. The van der Waals surface area contributed by atoms with Crippen LogP contribution in [0.15, 0.2) is 12.2 Å². The van der Waals surface area contributed by atoms with Crippen molar-refractivity contribution in [3.8, 4) is 0 Å². The molecule has 0 spiro atoms. The number of hydrogen-bond donors (Lipinski definition) is 0. The highest BCUT2D eigenvalue weighted by Gasteiger charge is 2.16. The lowest BCUT2D eigenvalue weighted by Crippen LogP contribution is -1.99. The summed E-state index contributed by atoms with van der Waals surface area (Å²) in [5.74, 6) is -0.0274. The van der Waals surface area contributed by atoms with Crippen LogP contribution in [0, 0.1) is 11.8 Å². The van der Waals surface area contributed by atoms with Gasteiger partial charge in [-0.15, -0.1) is 0 Å². The van der Waals surface area contributed by atoms with Crippen molar-refractivity contribution >= 4 is 12.6 Å². The first-order valence-electron chi connectivity index (χ1n) is 2.95. The second-order valence-electron chi connectivity index (χ2n) is 2.22. The third-order valence-electron chi connectivity index (χ3n) is 1.50. The lowest BCUT2D eigenvalue weighted by molar-refractivity contribution is -0.111. The highest BCUT2D eigenvalue weighted by atomic mass is 16.1. The fraction of sp³-hybridized carbons (Fsp3) is 0.429. The second kappa shape index (κ2) is 2.58. The Labute approximate surface area is 53.6 Å². The summed E-state index contributed by atoms with van der Waals surface area (Å²) in [4.78, 5) is 20.2. The lowest BCUT2D eigenvalue weighted by atomic mass is 10.1. The Hall–Kier alpha value is -0.920. The normalized spacial score (nSPS) is 32.4. The van der Waals surface area contributed by atoms with E-state index < -0.39 is 0 Å². The first kappa shape index (κ1) is 6.20. The van der Waals surface area contributed by atoms with Crippen molar-refractivity contribution in [2.75, 3.05) is 0 Å². The van der Waals surface area contributed by atoms with Crippen LogP contribution in [0.3, 0.4) is 0 Å². The van der Waals surface area contributed by atoms with Gasteiger partial charge in [-0.1, -0.05) is 12.2 Å². The van der Waals surface area contributed by atoms with Crippen LogP contribution < -0.4 is 0 Å². The van der Waals surface area contributed by atoms with Gasteiger partial charge in [0.1, 0.15) is 12.6 Å². The van der Waals surface area contributed by atoms with Crippen LogP contribution >= 0.6 is 0 Å². The molecule has 0 heterocycles. The fourth-order valence-electron chi connectivity index (χ4n) is 0.959. The molecule has 2 nitrogen and oxygen atoms in total. The fourth-order valence-corrected chi connectivity index (χ4v) is 0.959. The van der Waals surface area contributed by atoms with E-state index in [0.29, 0.717) is 6.42 Å². The van der Waals surface area contributed by atoms with E-state index >= 15 is 0 Å². The molecule has 1 aliphatic carbocycles. The van der Waals surface area contributed by atoms with Crippen LogP contribution in [0.5, 0.6) is 0 Å². The molecule has 0 saturated heterocycles. The van der Waals surface area contributed by atoms with E-state index in [1.165, 1.54) is 0 Å². The summed E-state index contributed by atoms with van der Waals surface area (Å²) < 4.78 is 0. The van der Waals surface area contributed by atoms with Crippen molar-refractivity contribution < 1.29 is 9.59 Å². The average Bonchev–Trinajstić information content (AvgIpc) is 2.34. The standard InChI is InChI=1S/C7H8O2/c8-4-6-1-2-7(3-6)5-9/h1-2,4-7H,3H2/t6-,7+. The Balaban J connectivity index is 2.48. The van der Waals surface area contributed by atoms with Gasteiger partial charge in [0.15, 0.2) is 0 Å². The van der Waals surface area contributed by atoms with Crippen molar-refractivity contribution in [2.24, 2.45) is 11.8 Å². The molecule has 0 amide bonds. The van der Waals surface area contributed by atoms with Crippen molar-refractivity contribution in [3.05, 3.63) is 12.2 Å². The number of hydrogen-bond acceptors (Lipinski definition) is 2.